The van der Waals surface area contributed by atoms with E-state index < -0.39 is 102 Å². The number of benzene rings is 2. The molecule has 0 unspecified atom stereocenters. The summed E-state index contributed by atoms with van der Waals surface area (Å²) >= 11 is 0. The van der Waals surface area contributed by atoms with Crippen LogP contribution in [0.5, 0.6) is 11.5 Å². The van der Waals surface area contributed by atoms with E-state index in [1.807, 2.05) is 0 Å². The van der Waals surface area contributed by atoms with Crippen molar-refractivity contribution in [2.75, 3.05) is 7.11 Å². The van der Waals surface area contributed by atoms with Crippen LogP contribution in [0.15, 0.2) is 72.0 Å². The van der Waals surface area contributed by atoms with Crippen LogP contribution in [0.4, 0.5) is 0 Å². The summed E-state index contributed by atoms with van der Waals surface area (Å²) in [6, 6.07) is 3.53. The maximum absolute atomic E-state index is 14.4. The van der Waals surface area contributed by atoms with Crippen molar-refractivity contribution < 1.29 is 62.8 Å². The standard InChI is InChI=1S/C47H63N7O13/c1-9-26(5)40(58)53-38(25(3)4)45(63)52-36(24-30-16-20-32(56)21-17-30)44(62)54-39-28(7)67-47(65)35(13-11-12-29-14-18-31(55)19-15-29)51-43(61)34(22-23-37(57)66-8)50-42(60)33(10-2)49-41(59)27(6)48-46(39)64/h9-10,14-21,25,27-28,34-36,38-39,55-56H,11-13,22-24H2,1-8H3,(H,48,64)(H,49,59)(H,50,60)(H,51,61)(H,52,63)(H,53,58)(H,54,62)/b26-9+,33-10-/t27-,28+,34+,35-,36-,38-,39-/m0/s1. The van der Waals surface area contributed by atoms with Gasteiger partial charge in [-0.2, -0.15) is 0 Å². The largest absolute Gasteiger partial charge is 0.508 e. The molecule has 0 spiro atoms. The third-order valence-electron chi connectivity index (χ3n) is 10.9. The topological polar surface area (TPSA) is 297 Å². The number of aromatic hydroxyl groups is 2. The van der Waals surface area contributed by atoms with Gasteiger partial charge in [-0.1, -0.05) is 50.3 Å². The number of rotatable bonds is 16. The lowest BCUT2D eigenvalue weighted by molar-refractivity contribution is -0.156. The number of allylic oxidation sites excluding steroid dienone is 2. The molecule has 0 aromatic heterocycles. The van der Waals surface area contributed by atoms with E-state index in [0.29, 0.717) is 17.6 Å². The summed E-state index contributed by atoms with van der Waals surface area (Å²) in [5.74, 6) is -8.17. The van der Waals surface area contributed by atoms with E-state index in [1.165, 1.54) is 63.2 Å². The Morgan fingerprint density at radius 2 is 1.40 bits per heavy atom. The van der Waals surface area contributed by atoms with E-state index in [9.17, 15) is 53.4 Å². The summed E-state index contributed by atoms with van der Waals surface area (Å²) < 4.78 is 10.5. The summed E-state index contributed by atoms with van der Waals surface area (Å²) in [6.45, 7) is 10.6. The first-order chi connectivity index (χ1) is 31.7. The first kappa shape index (κ1) is 54.1. The summed E-state index contributed by atoms with van der Waals surface area (Å²) in [6.07, 6.45) is 1.12. The first-order valence-electron chi connectivity index (χ1n) is 21.9. The number of ether oxygens (including phenoxy) is 2. The first-order valence-corrected chi connectivity index (χ1v) is 21.9. The molecule has 3 rings (SSSR count). The third-order valence-corrected chi connectivity index (χ3v) is 10.9. The SMILES string of the molecule is C/C=C1\NC(=O)[C@H](C)NC(=O)[C@@H](NC(=O)[C@H](Cc2ccc(O)cc2)NC(=O)[C@@H](NC(=O)/C(C)=C/C)C(C)C)[C@@H](C)OC(=O)[C@H](CCCc2ccc(O)cc2)NC(=O)[C@@H](CCC(=O)OC)NC1=O. The fourth-order valence-corrected chi connectivity index (χ4v) is 6.68. The van der Waals surface area contributed by atoms with Crippen molar-refractivity contribution in [2.45, 2.75) is 129 Å². The highest BCUT2D eigenvalue weighted by Gasteiger charge is 2.38. The van der Waals surface area contributed by atoms with Crippen molar-refractivity contribution in [2.24, 2.45) is 5.92 Å². The maximum Gasteiger partial charge on any atom is 0.328 e. The van der Waals surface area contributed by atoms with Crippen LogP contribution in [0.3, 0.4) is 0 Å². The minimum absolute atomic E-state index is 0.0457. The predicted molar refractivity (Wildman–Crippen MR) is 243 cm³/mol. The van der Waals surface area contributed by atoms with Gasteiger partial charge in [0.25, 0.3) is 5.91 Å². The van der Waals surface area contributed by atoms with Crippen LogP contribution in [-0.2, 0) is 65.5 Å². The van der Waals surface area contributed by atoms with Gasteiger partial charge in [0.05, 0.1) is 7.11 Å². The maximum atomic E-state index is 14.4. The van der Waals surface area contributed by atoms with Crippen LogP contribution >= 0.6 is 0 Å². The fraction of sp³-hybridized carbons (Fsp3) is 0.468. The van der Waals surface area contributed by atoms with Crippen molar-refractivity contribution in [3.05, 3.63) is 83.1 Å². The van der Waals surface area contributed by atoms with Crippen LogP contribution in [0.1, 0.15) is 85.3 Å². The highest BCUT2D eigenvalue weighted by atomic mass is 16.5. The number of cyclic esters (lactones) is 1. The van der Waals surface area contributed by atoms with Gasteiger partial charge >= 0.3 is 11.9 Å². The van der Waals surface area contributed by atoms with Gasteiger partial charge in [0.15, 0.2) is 0 Å². The number of methoxy groups -OCH3 is 1. The highest BCUT2D eigenvalue weighted by molar-refractivity contribution is 6.02. The summed E-state index contributed by atoms with van der Waals surface area (Å²) in [5, 5.41) is 37.5. The van der Waals surface area contributed by atoms with Crippen molar-refractivity contribution >= 4 is 53.3 Å². The van der Waals surface area contributed by atoms with E-state index in [-0.39, 0.29) is 49.3 Å². The molecule has 1 heterocycles. The molecule has 20 heteroatoms. The Morgan fingerprint density at radius 3 is 1.97 bits per heavy atom. The van der Waals surface area contributed by atoms with Gasteiger partial charge in [-0.3, -0.25) is 38.4 Å². The van der Waals surface area contributed by atoms with E-state index in [0.717, 1.165) is 12.7 Å². The number of carbonyl (C=O) groups excluding carboxylic acids is 9. The van der Waals surface area contributed by atoms with Crippen LogP contribution < -0.4 is 37.2 Å². The Hall–Kier alpha value is -7.25. The Kier molecular flexibility index (Phi) is 21.0. The minimum atomic E-state index is -1.76. The second-order valence-corrected chi connectivity index (χ2v) is 16.4. The molecule has 1 fully saturated rings. The summed E-state index contributed by atoms with van der Waals surface area (Å²) in [7, 11) is 1.15. The Balaban J connectivity index is 2.08. The highest BCUT2D eigenvalue weighted by Crippen LogP contribution is 2.17. The molecular formula is C47H63N7O13. The number of phenols is 2. The van der Waals surface area contributed by atoms with Gasteiger partial charge in [0.1, 0.15) is 59.6 Å². The second-order valence-electron chi connectivity index (χ2n) is 16.4. The van der Waals surface area contributed by atoms with Crippen LogP contribution in [-0.4, -0.2) is 113 Å². The smallest absolute Gasteiger partial charge is 0.328 e. The number of carbonyl (C=O) groups is 9. The zero-order chi connectivity index (χ0) is 50.0. The fourth-order valence-electron chi connectivity index (χ4n) is 6.68. The normalized spacial score (nSPS) is 21.4. The Morgan fingerprint density at radius 1 is 0.791 bits per heavy atom. The average molecular weight is 934 g/mol. The van der Waals surface area contributed by atoms with Crippen LogP contribution in [0, 0.1) is 5.92 Å². The Bertz CT molecular complexity index is 2170. The Labute approximate surface area is 389 Å². The van der Waals surface area contributed by atoms with Gasteiger partial charge in [-0.15, -0.1) is 0 Å². The number of nitrogens with one attached hydrogen (secondary N) is 7. The summed E-state index contributed by atoms with van der Waals surface area (Å²) in [5.41, 5.74) is 1.29. The number of phenolic OH excluding ortho intramolecular Hbond substituents is 2. The lowest BCUT2D eigenvalue weighted by Gasteiger charge is -2.30. The van der Waals surface area contributed by atoms with Crippen molar-refractivity contribution in [1.29, 1.82) is 0 Å². The molecule has 0 bridgehead atoms. The number of hydrogen-bond acceptors (Lipinski definition) is 13. The molecule has 7 amide bonds. The molecule has 0 radical (unpaired) electrons. The molecule has 7 atom stereocenters. The monoisotopic (exact) mass is 933 g/mol. The number of esters is 2. The van der Waals surface area contributed by atoms with Gasteiger partial charge in [-0.05, 0) is 102 Å². The number of aryl methyl sites for hydroxylation is 1. The van der Waals surface area contributed by atoms with Gasteiger partial charge in [0.2, 0.25) is 35.4 Å². The van der Waals surface area contributed by atoms with E-state index >= 15 is 0 Å². The molecule has 1 saturated heterocycles. The molecule has 1 aliphatic heterocycles. The molecule has 0 aliphatic carbocycles. The van der Waals surface area contributed by atoms with Crippen molar-refractivity contribution in [3.63, 3.8) is 0 Å². The number of amides is 7. The van der Waals surface area contributed by atoms with Crippen LogP contribution in [0.2, 0.25) is 0 Å². The lowest BCUT2D eigenvalue weighted by atomic mass is 10.00. The molecule has 2 aromatic rings. The second kappa shape index (κ2) is 26.0. The molecule has 9 N–H and O–H groups in total. The van der Waals surface area contributed by atoms with E-state index in [2.05, 4.69) is 37.2 Å². The van der Waals surface area contributed by atoms with E-state index in [4.69, 9.17) is 9.47 Å². The molecule has 20 nitrogen and oxygen atoms in total. The average Bonchev–Trinajstić information content (AvgIpc) is 3.29. The minimum Gasteiger partial charge on any atom is -0.508 e. The van der Waals surface area contributed by atoms with Gasteiger partial charge in [-0.25, -0.2) is 4.79 Å². The predicted octanol–water partition coefficient (Wildman–Crippen LogP) is 1.13. The molecule has 1 aliphatic rings. The molecule has 364 valence electrons. The molecule has 0 saturated carbocycles. The quantitative estimate of drug-likeness (QED) is 0.0844. The van der Waals surface area contributed by atoms with Crippen molar-refractivity contribution in [1.82, 2.24) is 37.2 Å². The van der Waals surface area contributed by atoms with Gasteiger partial charge in [0, 0.05) is 18.4 Å². The summed E-state index contributed by atoms with van der Waals surface area (Å²) in [4.78, 5) is 123. The van der Waals surface area contributed by atoms with E-state index in [1.54, 1.807) is 45.9 Å². The van der Waals surface area contributed by atoms with Crippen molar-refractivity contribution in [3.8, 4) is 11.5 Å². The number of hydrogen-bond donors (Lipinski definition) is 9. The lowest BCUT2D eigenvalue weighted by Crippen LogP contribution is -2.62. The molecule has 2 aromatic carbocycles. The zero-order valence-electron chi connectivity index (χ0n) is 39.0. The van der Waals surface area contributed by atoms with Crippen LogP contribution in [0.25, 0.3) is 0 Å². The molecule has 67 heavy (non-hydrogen) atoms. The zero-order valence-corrected chi connectivity index (χ0v) is 39.0. The molecular weight excluding hydrogens is 871 g/mol. The van der Waals surface area contributed by atoms with Gasteiger partial charge < -0.3 is 56.9 Å². The third kappa shape index (κ3) is 16.9.